The summed E-state index contributed by atoms with van der Waals surface area (Å²) in [5, 5.41) is 0. The van der Waals surface area contributed by atoms with Gasteiger partial charge in [0.25, 0.3) is 5.92 Å². The van der Waals surface area contributed by atoms with Crippen LogP contribution < -0.4 is 4.72 Å². The zero-order valence-corrected chi connectivity index (χ0v) is 15.3. The van der Waals surface area contributed by atoms with E-state index in [-0.39, 0.29) is 17.7 Å². The van der Waals surface area contributed by atoms with Gasteiger partial charge in [0.1, 0.15) is 12.7 Å². The SMILES string of the molecule is C[C@@H](NS(=O)C(C)(C)C)c1cccc(C(F)(F)COC2COC2)c1. The van der Waals surface area contributed by atoms with E-state index in [1.54, 1.807) is 12.1 Å². The lowest BCUT2D eigenvalue weighted by Gasteiger charge is -2.28. The predicted molar refractivity (Wildman–Crippen MR) is 90.3 cm³/mol. The van der Waals surface area contributed by atoms with E-state index in [4.69, 9.17) is 9.47 Å². The molecule has 0 radical (unpaired) electrons. The molecule has 1 N–H and O–H groups in total. The largest absolute Gasteiger partial charge is 0.376 e. The Morgan fingerprint density at radius 3 is 2.58 bits per heavy atom. The predicted octanol–water partition coefficient (Wildman–Crippen LogP) is 3.31. The summed E-state index contributed by atoms with van der Waals surface area (Å²) in [6.45, 7) is 7.45. The molecule has 1 fully saturated rings. The molecule has 4 nitrogen and oxygen atoms in total. The Labute approximate surface area is 144 Å². The third kappa shape index (κ3) is 5.05. The van der Waals surface area contributed by atoms with Gasteiger partial charge in [-0.05, 0) is 39.3 Å². The Bertz CT molecular complexity index is 585. The van der Waals surface area contributed by atoms with Crippen molar-refractivity contribution in [3.8, 4) is 0 Å². The molecule has 7 heteroatoms. The third-order valence-corrected chi connectivity index (χ3v) is 5.44. The number of halogens is 2. The van der Waals surface area contributed by atoms with E-state index >= 15 is 0 Å². The van der Waals surface area contributed by atoms with Crippen LogP contribution in [0.25, 0.3) is 0 Å². The number of nitrogens with one attached hydrogen (secondary N) is 1. The summed E-state index contributed by atoms with van der Waals surface area (Å²) in [7, 11) is -1.28. The molecule has 1 saturated heterocycles. The van der Waals surface area contributed by atoms with Gasteiger partial charge in [-0.1, -0.05) is 18.2 Å². The van der Waals surface area contributed by atoms with Crippen LogP contribution in [0.3, 0.4) is 0 Å². The monoisotopic (exact) mass is 361 g/mol. The van der Waals surface area contributed by atoms with Crippen molar-refractivity contribution in [1.29, 1.82) is 0 Å². The molecule has 1 aromatic rings. The van der Waals surface area contributed by atoms with Gasteiger partial charge in [-0.2, -0.15) is 8.78 Å². The number of benzene rings is 1. The van der Waals surface area contributed by atoms with E-state index in [0.717, 1.165) is 0 Å². The van der Waals surface area contributed by atoms with Gasteiger partial charge in [0.2, 0.25) is 0 Å². The van der Waals surface area contributed by atoms with Crippen LogP contribution in [-0.2, 0) is 26.4 Å². The number of ether oxygens (including phenoxy) is 2. The average Bonchev–Trinajstić information content (AvgIpc) is 2.44. The molecular formula is C17H25F2NO3S. The lowest BCUT2D eigenvalue weighted by Crippen LogP contribution is -2.39. The van der Waals surface area contributed by atoms with Crippen LogP contribution in [0.15, 0.2) is 24.3 Å². The minimum absolute atomic E-state index is 0.101. The highest BCUT2D eigenvalue weighted by Gasteiger charge is 2.35. The average molecular weight is 361 g/mol. The van der Waals surface area contributed by atoms with Crippen molar-refractivity contribution >= 4 is 11.0 Å². The molecule has 0 aromatic heterocycles. The summed E-state index contributed by atoms with van der Waals surface area (Å²) in [5.74, 6) is -3.07. The second-order valence-electron chi connectivity index (χ2n) is 7.02. The molecule has 1 heterocycles. The molecule has 0 aliphatic carbocycles. The molecule has 0 spiro atoms. The van der Waals surface area contributed by atoms with Crippen LogP contribution >= 0.6 is 0 Å². The topological polar surface area (TPSA) is 47.6 Å². The Balaban J connectivity index is 2.05. The van der Waals surface area contributed by atoms with Crippen molar-refractivity contribution in [1.82, 2.24) is 4.72 Å². The molecule has 1 aromatic carbocycles. The van der Waals surface area contributed by atoms with Gasteiger partial charge in [0.15, 0.2) is 0 Å². The van der Waals surface area contributed by atoms with Gasteiger partial charge in [-0.3, -0.25) is 0 Å². The fourth-order valence-corrected chi connectivity index (χ4v) is 2.87. The Morgan fingerprint density at radius 2 is 2.04 bits per heavy atom. The second kappa shape index (κ2) is 7.56. The molecular weight excluding hydrogens is 336 g/mol. The Kier molecular flexibility index (Phi) is 6.12. The van der Waals surface area contributed by atoms with Crippen LogP contribution in [0.2, 0.25) is 0 Å². The second-order valence-corrected chi connectivity index (χ2v) is 9.02. The lowest BCUT2D eigenvalue weighted by molar-refractivity contribution is -0.175. The maximum Gasteiger partial charge on any atom is 0.296 e. The molecule has 0 bridgehead atoms. The third-order valence-electron chi connectivity index (χ3n) is 3.76. The standard InChI is InChI=1S/C17H25F2NO3S/c1-12(20-24(21)16(2,3)4)13-6-5-7-14(8-13)17(18,19)11-23-15-9-22-10-15/h5-8,12,15,20H,9-11H2,1-4H3/t12-,24?/m1/s1. The molecule has 0 amide bonds. The fraction of sp³-hybridized carbons (Fsp3) is 0.647. The molecule has 136 valence electrons. The molecule has 2 rings (SSSR count). The van der Waals surface area contributed by atoms with E-state index in [0.29, 0.717) is 18.8 Å². The number of rotatable bonds is 7. The van der Waals surface area contributed by atoms with Crippen molar-refractivity contribution in [2.75, 3.05) is 19.8 Å². The summed E-state index contributed by atoms with van der Waals surface area (Å²) in [6, 6.07) is 5.86. The van der Waals surface area contributed by atoms with Crippen LogP contribution in [0, 0.1) is 0 Å². The fourth-order valence-electron chi connectivity index (χ4n) is 2.06. The molecule has 24 heavy (non-hydrogen) atoms. The maximum absolute atomic E-state index is 14.3. The summed E-state index contributed by atoms with van der Waals surface area (Å²) in [4.78, 5) is 0. The summed E-state index contributed by atoms with van der Waals surface area (Å²) >= 11 is 0. The molecule has 1 aliphatic rings. The lowest BCUT2D eigenvalue weighted by atomic mass is 10.0. The zero-order valence-electron chi connectivity index (χ0n) is 14.5. The van der Waals surface area contributed by atoms with Crippen LogP contribution in [0.4, 0.5) is 8.78 Å². The molecule has 2 atom stereocenters. The van der Waals surface area contributed by atoms with Gasteiger partial charge >= 0.3 is 0 Å². The van der Waals surface area contributed by atoms with E-state index in [2.05, 4.69) is 4.72 Å². The quantitative estimate of drug-likeness (QED) is 0.811. The summed E-state index contributed by atoms with van der Waals surface area (Å²) < 4.78 is 53.4. The highest BCUT2D eigenvalue weighted by atomic mass is 32.2. The van der Waals surface area contributed by atoms with Gasteiger partial charge < -0.3 is 9.47 Å². The first-order valence-electron chi connectivity index (χ1n) is 7.95. The summed E-state index contributed by atoms with van der Waals surface area (Å²) in [5.41, 5.74) is 0.562. The van der Waals surface area contributed by atoms with E-state index in [1.165, 1.54) is 12.1 Å². The normalized spacial score (nSPS) is 18.9. The van der Waals surface area contributed by atoms with Crippen molar-refractivity contribution in [3.05, 3.63) is 35.4 Å². The highest BCUT2D eigenvalue weighted by Crippen LogP contribution is 2.31. The van der Waals surface area contributed by atoms with Crippen LogP contribution in [0.5, 0.6) is 0 Å². The molecule has 1 unspecified atom stereocenters. The van der Waals surface area contributed by atoms with E-state index in [1.807, 2.05) is 27.7 Å². The Hall–Kier alpha value is -0.890. The van der Waals surface area contributed by atoms with Gasteiger partial charge in [-0.15, -0.1) is 0 Å². The summed E-state index contributed by atoms with van der Waals surface area (Å²) in [6.07, 6.45) is -0.242. The highest BCUT2D eigenvalue weighted by molar-refractivity contribution is 7.84. The first-order chi connectivity index (χ1) is 11.1. The van der Waals surface area contributed by atoms with Crippen LogP contribution in [-0.4, -0.2) is 34.9 Å². The van der Waals surface area contributed by atoms with Gasteiger partial charge in [-0.25, -0.2) is 8.93 Å². The van der Waals surface area contributed by atoms with E-state index in [9.17, 15) is 13.0 Å². The minimum atomic E-state index is -3.07. The smallest absolute Gasteiger partial charge is 0.296 e. The maximum atomic E-state index is 14.3. The van der Waals surface area contributed by atoms with E-state index < -0.39 is 28.3 Å². The van der Waals surface area contributed by atoms with Gasteiger partial charge in [0, 0.05) is 11.6 Å². The minimum Gasteiger partial charge on any atom is -0.376 e. The number of alkyl halides is 2. The van der Waals surface area contributed by atoms with Crippen molar-refractivity contribution in [2.45, 2.75) is 50.5 Å². The number of hydrogen-bond acceptors (Lipinski definition) is 3. The first kappa shape index (κ1) is 19.4. The van der Waals surface area contributed by atoms with Crippen molar-refractivity contribution in [3.63, 3.8) is 0 Å². The Morgan fingerprint density at radius 1 is 1.38 bits per heavy atom. The van der Waals surface area contributed by atoms with Crippen molar-refractivity contribution < 1.29 is 22.5 Å². The zero-order chi connectivity index (χ0) is 18.0. The van der Waals surface area contributed by atoms with Gasteiger partial charge in [0.05, 0.1) is 28.9 Å². The number of hydrogen-bond donors (Lipinski definition) is 1. The molecule has 0 saturated carbocycles. The van der Waals surface area contributed by atoms with Crippen molar-refractivity contribution in [2.24, 2.45) is 0 Å². The first-order valence-corrected chi connectivity index (χ1v) is 9.10. The van der Waals surface area contributed by atoms with Crippen LogP contribution in [0.1, 0.15) is 44.9 Å². The molecule has 1 aliphatic heterocycles.